The van der Waals surface area contributed by atoms with Gasteiger partial charge in [-0.15, -0.1) is 6.58 Å². The number of hydrogen-bond acceptors (Lipinski definition) is 4. The number of carboxylic acid groups (broad SMARTS) is 1. The predicted octanol–water partition coefficient (Wildman–Crippen LogP) is 1.38. The summed E-state index contributed by atoms with van der Waals surface area (Å²) in [6.07, 6.45) is 2.17. The lowest BCUT2D eigenvalue weighted by Crippen LogP contribution is -2.11. The van der Waals surface area contributed by atoms with E-state index in [2.05, 4.69) is 6.58 Å². The van der Waals surface area contributed by atoms with Gasteiger partial charge >= 0.3 is 5.97 Å². The molecule has 0 heterocycles. The van der Waals surface area contributed by atoms with Gasteiger partial charge in [-0.3, -0.25) is 0 Å². The van der Waals surface area contributed by atoms with Crippen molar-refractivity contribution in [1.29, 1.82) is 0 Å². The van der Waals surface area contributed by atoms with Crippen LogP contribution in [0, 0.1) is 0 Å². The van der Waals surface area contributed by atoms with Crippen LogP contribution >= 0.6 is 0 Å². The molecule has 5 heteroatoms. The van der Waals surface area contributed by atoms with Crippen LogP contribution in [0.15, 0.2) is 24.8 Å². The average molecular weight is 252 g/mol. The lowest BCUT2D eigenvalue weighted by Gasteiger charge is -2.14. The van der Waals surface area contributed by atoms with Crippen molar-refractivity contribution in [2.45, 2.75) is 13.0 Å². The number of methoxy groups -OCH3 is 1. The Morgan fingerprint density at radius 1 is 1.50 bits per heavy atom. The summed E-state index contributed by atoms with van der Waals surface area (Å²) in [5.74, 6) is -0.288. The normalized spacial score (nSPS) is 9.89. The van der Waals surface area contributed by atoms with Gasteiger partial charge in [0.15, 0.2) is 18.1 Å². The second kappa shape index (κ2) is 6.66. The molecule has 98 valence electrons. The molecule has 5 nitrogen and oxygen atoms in total. The molecule has 0 saturated heterocycles. The van der Waals surface area contributed by atoms with E-state index in [0.29, 0.717) is 23.5 Å². The minimum Gasteiger partial charge on any atom is -0.493 e. The Bertz CT molecular complexity index is 439. The maximum Gasteiger partial charge on any atom is 0.341 e. The van der Waals surface area contributed by atoms with Gasteiger partial charge in [0, 0.05) is 5.56 Å². The summed E-state index contributed by atoms with van der Waals surface area (Å²) in [7, 11) is 1.46. The smallest absolute Gasteiger partial charge is 0.341 e. The number of ether oxygens (including phenoxy) is 2. The molecule has 0 aliphatic heterocycles. The highest BCUT2D eigenvalue weighted by atomic mass is 16.5. The van der Waals surface area contributed by atoms with E-state index in [0.717, 1.165) is 5.56 Å². The van der Waals surface area contributed by atoms with Gasteiger partial charge in [-0.05, 0) is 24.1 Å². The van der Waals surface area contributed by atoms with E-state index in [1.807, 2.05) is 0 Å². The van der Waals surface area contributed by atoms with E-state index in [1.54, 1.807) is 18.2 Å². The van der Waals surface area contributed by atoms with Crippen LogP contribution in [-0.2, 0) is 17.8 Å². The van der Waals surface area contributed by atoms with Crippen LogP contribution in [-0.4, -0.2) is 29.9 Å². The number of aliphatic carboxylic acids is 1. The Hall–Kier alpha value is -2.01. The van der Waals surface area contributed by atoms with Gasteiger partial charge in [0.05, 0.1) is 13.7 Å². The zero-order valence-electron chi connectivity index (χ0n) is 10.2. The van der Waals surface area contributed by atoms with Crippen molar-refractivity contribution < 1.29 is 24.5 Å². The van der Waals surface area contributed by atoms with Gasteiger partial charge in [0.25, 0.3) is 0 Å². The molecular weight excluding hydrogens is 236 g/mol. The summed E-state index contributed by atoms with van der Waals surface area (Å²) in [5.41, 5.74) is 1.40. The summed E-state index contributed by atoms with van der Waals surface area (Å²) < 4.78 is 10.4. The van der Waals surface area contributed by atoms with Gasteiger partial charge in [-0.1, -0.05) is 6.08 Å². The number of allylic oxidation sites excluding steroid dienone is 1. The molecule has 0 bridgehead atoms. The van der Waals surface area contributed by atoms with Gasteiger partial charge in [-0.2, -0.15) is 0 Å². The van der Waals surface area contributed by atoms with Crippen molar-refractivity contribution in [3.05, 3.63) is 35.9 Å². The van der Waals surface area contributed by atoms with E-state index in [4.69, 9.17) is 19.7 Å². The first-order chi connectivity index (χ1) is 8.62. The number of hydrogen-bond donors (Lipinski definition) is 2. The minimum atomic E-state index is -1.06. The molecule has 0 aliphatic carbocycles. The van der Waals surface area contributed by atoms with Crippen molar-refractivity contribution in [3.8, 4) is 11.5 Å². The molecule has 0 saturated carbocycles. The SMILES string of the molecule is C=CCc1cc(CO)cc(OC)c1OCC(=O)O. The van der Waals surface area contributed by atoms with Crippen molar-refractivity contribution >= 4 is 5.97 Å². The molecule has 0 spiro atoms. The van der Waals surface area contributed by atoms with Crippen LogP contribution in [0.2, 0.25) is 0 Å². The fourth-order valence-corrected chi connectivity index (χ4v) is 1.57. The van der Waals surface area contributed by atoms with E-state index in [-0.39, 0.29) is 6.61 Å². The first kappa shape index (κ1) is 14.1. The van der Waals surface area contributed by atoms with Crippen molar-refractivity contribution in [2.24, 2.45) is 0 Å². The minimum absolute atomic E-state index is 0.125. The Kier molecular flexibility index (Phi) is 5.20. The third-order valence-electron chi connectivity index (χ3n) is 2.30. The van der Waals surface area contributed by atoms with Gasteiger partial charge in [-0.25, -0.2) is 4.79 Å². The molecule has 0 fully saturated rings. The largest absolute Gasteiger partial charge is 0.493 e. The molecule has 0 aromatic heterocycles. The monoisotopic (exact) mass is 252 g/mol. The quantitative estimate of drug-likeness (QED) is 0.717. The molecule has 0 amide bonds. The molecule has 1 aromatic rings. The standard InChI is InChI=1S/C13H16O5/c1-3-4-10-5-9(7-14)6-11(17-2)13(10)18-8-12(15)16/h3,5-6,14H,1,4,7-8H2,2H3,(H,15,16). The highest BCUT2D eigenvalue weighted by Crippen LogP contribution is 2.33. The Balaban J connectivity index is 3.15. The second-order valence-corrected chi connectivity index (χ2v) is 3.62. The van der Waals surface area contributed by atoms with Crippen molar-refractivity contribution in [3.63, 3.8) is 0 Å². The molecule has 1 rings (SSSR count). The predicted molar refractivity (Wildman–Crippen MR) is 65.9 cm³/mol. The number of aliphatic hydroxyl groups excluding tert-OH is 1. The Morgan fingerprint density at radius 3 is 2.72 bits per heavy atom. The van der Waals surface area contributed by atoms with Crippen LogP contribution in [0.4, 0.5) is 0 Å². The molecule has 0 unspecified atom stereocenters. The first-order valence-electron chi connectivity index (χ1n) is 5.38. The fourth-order valence-electron chi connectivity index (χ4n) is 1.57. The second-order valence-electron chi connectivity index (χ2n) is 3.62. The Morgan fingerprint density at radius 2 is 2.22 bits per heavy atom. The fraction of sp³-hybridized carbons (Fsp3) is 0.308. The van der Waals surface area contributed by atoms with Crippen LogP contribution in [0.5, 0.6) is 11.5 Å². The summed E-state index contributed by atoms with van der Waals surface area (Å²) in [6.45, 7) is 3.06. The maximum absolute atomic E-state index is 10.5. The highest BCUT2D eigenvalue weighted by Gasteiger charge is 2.13. The third-order valence-corrected chi connectivity index (χ3v) is 2.30. The number of rotatable bonds is 7. The molecule has 1 aromatic carbocycles. The summed E-state index contributed by atoms with van der Waals surface area (Å²) >= 11 is 0. The lowest BCUT2D eigenvalue weighted by atomic mass is 10.1. The first-order valence-corrected chi connectivity index (χ1v) is 5.38. The van der Waals surface area contributed by atoms with E-state index in [1.165, 1.54) is 7.11 Å². The molecule has 18 heavy (non-hydrogen) atoms. The summed E-state index contributed by atoms with van der Waals surface area (Å²) in [5, 5.41) is 17.8. The lowest BCUT2D eigenvalue weighted by molar-refractivity contribution is -0.139. The number of carbonyl (C=O) groups is 1. The number of benzene rings is 1. The third kappa shape index (κ3) is 3.49. The summed E-state index contributed by atoms with van der Waals surface area (Å²) in [6, 6.07) is 3.35. The van der Waals surface area contributed by atoms with Crippen LogP contribution in [0.25, 0.3) is 0 Å². The molecule has 0 radical (unpaired) electrons. The van der Waals surface area contributed by atoms with Crippen LogP contribution < -0.4 is 9.47 Å². The highest BCUT2D eigenvalue weighted by molar-refractivity contribution is 5.69. The Labute approximate surface area is 105 Å². The molecular formula is C13H16O5. The average Bonchev–Trinajstić information content (AvgIpc) is 2.36. The van der Waals surface area contributed by atoms with E-state index in [9.17, 15) is 4.79 Å². The molecule has 2 N–H and O–H groups in total. The van der Waals surface area contributed by atoms with Crippen molar-refractivity contribution in [1.82, 2.24) is 0 Å². The number of aliphatic hydroxyl groups is 1. The van der Waals surface area contributed by atoms with Gasteiger partial charge < -0.3 is 19.7 Å². The van der Waals surface area contributed by atoms with Gasteiger partial charge in [0.2, 0.25) is 0 Å². The molecule has 0 aliphatic rings. The maximum atomic E-state index is 10.5. The number of carboxylic acids is 1. The zero-order valence-corrected chi connectivity index (χ0v) is 10.2. The van der Waals surface area contributed by atoms with E-state index < -0.39 is 12.6 Å². The zero-order chi connectivity index (χ0) is 13.5. The van der Waals surface area contributed by atoms with E-state index >= 15 is 0 Å². The van der Waals surface area contributed by atoms with Crippen LogP contribution in [0.1, 0.15) is 11.1 Å². The molecule has 0 atom stereocenters. The summed E-state index contributed by atoms with van der Waals surface area (Å²) in [4.78, 5) is 10.5. The topological polar surface area (TPSA) is 76.0 Å². The van der Waals surface area contributed by atoms with Gasteiger partial charge in [0.1, 0.15) is 0 Å². The van der Waals surface area contributed by atoms with Crippen molar-refractivity contribution in [2.75, 3.05) is 13.7 Å². The van der Waals surface area contributed by atoms with Crippen LogP contribution in [0.3, 0.4) is 0 Å².